The van der Waals surface area contributed by atoms with Gasteiger partial charge in [0.2, 0.25) is 23.5 Å². The number of hydroxylamine groups is 1. The topological polar surface area (TPSA) is 146 Å². The number of hydrogen-bond acceptors (Lipinski definition) is 7. The van der Waals surface area contributed by atoms with Crippen LogP contribution >= 0.6 is 0 Å². The van der Waals surface area contributed by atoms with E-state index < -0.39 is 46.7 Å². The number of nitrogens with one attached hydrogen (secondary N) is 4. The van der Waals surface area contributed by atoms with Crippen molar-refractivity contribution in [1.82, 2.24) is 26.3 Å². The third-order valence-electron chi connectivity index (χ3n) is 9.76. The van der Waals surface area contributed by atoms with Gasteiger partial charge in [0.25, 0.3) is 5.91 Å². The summed E-state index contributed by atoms with van der Waals surface area (Å²) in [6.45, 7) is 7.63. The average molecular weight is 650 g/mol. The van der Waals surface area contributed by atoms with Crippen molar-refractivity contribution in [1.29, 1.82) is 0 Å². The molecule has 1 aromatic carbocycles. The van der Waals surface area contributed by atoms with E-state index in [2.05, 4.69) is 21.4 Å². The third kappa shape index (κ3) is 8.60. The molecule has 4 aliphatic rings. The molecule has 5 rings (SSSR count). The lowest BCUT2D eigenvalue weighted by Gasteiger charge is -2.36. The van der Waals surface area contributed by atoms with Gasteiger partial charge in [-0.15, -0.1) is 0 Å². The summed E-state index contributed by atoms with van der Waals surface area (Å²) in [7, 11) is 0. The molecule has 0 radical (unpaired) electrons. The van der Waals surface area contributed by atoms with Gasteiger partial charge in [0.05, 0.1) is 18.3 Å². The summed E-state index contributed by atoms with van der Waals surface area (Å²) >= 11 is 0. The zero-order chi connectivity index (χ0) is 33.8. The Balaban J connectivity index is 1.39. The number of Topliss-reactive ketones (excluding diaryl/α,β-unsaturated/α-hetero) is 1. The lowest BCUT2D eigenvalue weighted by molar-refractivity contribution is -0.145. The van der Waals surface area contributed by atoms with E-state index in [1.807, 2.05) is 64.1 Å². The number of nitrogens with zero attached hydrogens (tertiary/aromatic N) is 1. The van der Waals surface area contributed by atoms with Crippen LogP contribution in [0.2, 0.25) is 0 Å². The first-order chi connectivity index (χ1) is 22.4. The SMILES string of the molecule is CCC[C@H](NC(=O)[C@@H]1C[C@]2(C=C(c3ccccc3)NO2)CN1C(=O)[C@@H](NC(=O)CC1CCCCC1)C(C)(C)C)C(=O)C(=O)NC1CC1. The number of amides is 4. The van der Waals surface area contributed by atoms with Gasteiger partial charge in [0, 0.05) is 18.9 Å². The predicted molar refractivity (Wildman–Crippen MR) is 177 cm³/mol. The zero-order valence-electron chi connectivity index (χ0n) is 28.2. The normalized spacial score (nSPS) is 24.2. The molecule has 47 heavy (non-hydrogen) atoms. The molecule has 1 saturated heterocycles. The number of likely N-dealkylation sites (tertiary alicyclic amines) is 1. The molecule has 256 valence electrons. The standard InChI is InChI=1S/C36H51N5O6/c1-5-12-26(30(43)33(45)37-25-17-18-25)38-32(44)28-21-36(20-27(40-47-36)24-15-10-7-11-16-24)22-41(28)34(46)31(35(2,3)4)39-29(42)19-23-13-8-6-9-14-23/h7,10-11,15-16,20,23,25-26,28,31,40H,5-6,8-9,12-14,17-19,21-22H2,1-4H3,(H,37,45)(H,38,44)(H,39,42)/t26-,28-,31+,36+/m0/s1. The van der Waals surface area contributed by atoms with Gasteiger partial charge < -0.3 is 20.9 Å². The van der Waals surface area contributed by atoms with Crippen LogP contribution in [0.4, 0.5) is 0 Å². The van der Waals surface area contributed by atoms with E-state index in [0.29, 0.717) is 18.8 Å². The fourth-order valence-corrected chi connectivity index (χ4v) is 6.94. The van der Waals surface area contributed by atoms with E-state index in [1.165, 1.54) is 11.3 Å². The van der Waals surface area contributed by atoms with Crippen molar-refractivity contribution in [3.8, 4) is 0 Å². The lowest BCUT2D eigenvalue weighted by atomic mass is 9.84. The van der Waals surface area contributed by atoms with Gasteiger partial charge in [-0.25, -0.2) is 0 Å². The second-order valence-corrected chi connectivity index (χ2v) is 14.9. The van der Waals surface area contributed by atoms with Crippen molar-refractivity contribution in [2.45, 2.75) is 128 Å². The average Bonchev–Trinajstić information content (AvgIpc) is 3.64. The number of hydrogen-bond donors (Lipinski definition) is 4. The molecule has 0 bridgehead atoms. The molecule has 1 spiro atoms. The second kappa shape index (κ2) is 14.6. The molecule has 11 heteroatoms. The smallest absolute Gasteiger partial charge is 0.289 e. The highest BCUT2D eigenvalue weighted by molar-refractivity contribution is 6.38. The van der Waals surface area contributed by atoms with Gasteiger partial charge in [-0.05, 0) is 55.1 Å². The predicted octanol–water partition coefficient (Wildman–Crippen LogP) is 3.54. The van der Waals surface area contributed by atoms with Crippen LogP contribution in [-0.2, 0) is 28.8 Å². The maximum absolute atomic E-state index is 14.5. The molecule has 2 heterocycles. The van der Waals surface area contributed by atoms with Crippen LogP contribution in [0.1, 0.15) is 104 Å². The quantitative estimate of drug-likeness (QED) is 0.254. The highest BCUT2D eigenvalue weighted by Crippen LogP contribution is 2.39. The second-order valence-electron chi connectivity index (χ2n) is 14.9. The molecule has 2 aliphatic heterocycles. The van der Waals surface area contributed by atoms with Gasteiger partial charge in [0.15, 0.2) is 0 Å². The Morgan fingerprint density at radius 2 is 1.70 bits per heavy atom. The Morgan fingerprint density at radius 1 is 1.00 bits per heavy atom. The molecule has 11 nitrogen and oxygen atoms in total. The molecule has 1 aromatic rings. The Kier molecular flexibility index (Phi) is 10.7. The van der Waals surface area contributed by atoms with E-state index in [1.54, 1.807) is 0 Å². The van der Waals surface area contributed by atoms with E-state index in [4.69, 9.17) is 4.84 Å². The van der Waals surface area contributed by atoms with Crippen LogP contribution in [-0.4, -0.2) is 70.6 Å². The summed E-state index contributed by atoms with van der Waals surface area (Å²) in [5.41, 5.74) is 2.94. The lowest BCUT2D eigenvalue weighted by Crippen LogP contribution is -2.59. The summed E-state index contributed by atoms with van der Waals surface area (Å²) in [5.74, 6) is -2.17. The van der Waals surface area contributed by atoms with Crippen molar-refractivity contribution in [2.75, 3.05) is 6.54 Å². The molecular formula is C36H51N5O6. The zero-order valence-corrected chi connectivity index (χ0v) is 28.2. The van der Waals surface area contributed by atoms with E-state index in [9.17, 15) is 24.0 Å². The number of carbonyl (C=O) groups is 5. The van der Waals surface area contributed by atoms with Gasteiger partial charge >= 0.3 is 0 Å². The largest absolute Gasteiger partial charge is 0.347 e. The summed E-state index contributed by atoms with van der Waals surface area (Å²) in [4.78, 5) is 75.3. The Hall–Kier alpha value is -3.73. The van der Waals surface area contributed by atoms with Crippen LogP contribution in [0.15, 0.2) is 36.4 Å². The molecule has 2 saturated carbocycles. The van der Waals surface area contributed by atoms with Crippen molar-refractivity contribution in [3.05, 3.63) is 42.0 Å². The Bertz CT molecular complexity index is 1360. The van der Waals surface area contributed by atoms with Gasteiger partial charge in [-0.3, -0.25) is 34.3 Å². The van der Waals surface area contributed by atoms with Crippen LogP contribution in [0, 0.1) is 11.3 Å². The van der Waals surface area contributed by atoms with E-state index in [0.717, 1.165) is 49.8 Å². The first kappa shape index (κ1) is 34.6. The van der Waals surface area contributed by atoms with Crippen LogP contribution in [0.25, 0.3) is 5.70 Å². The fourth-order valence-electron chi connectivity index (χ4n) is 6.94. The minimum Gasteiger partial charge on any atom is -0.347 e. The molecule has 2 aliphatic carbocycles. The maximum atomic E-state index is 14.5. The summed E-state index contributed by atoms with van der Waals surface area (Å²) in [6.07, 6.45) is 10.4. The molecular weight excluding hydrogens is 598 g/mol. The maximum Gasteiger partial charge on any atom is 0.289 e. The monoisotopic (exact) mass is 649 g/mol. The summed E-state index contributed by atoms with van der Waals surface area (Å²) in [5, 5.41) is 8.57. The molecule has 0 aromatic heterocycles. The minimum absolute atomic E-state index is 0.00694. The minimum atomic E-state index is -1.02. The number of benzene rings is 1. The first-order valence-corrected chi connectivity index (χ1v) is 17.4. The van der Waals surface area contributed by atoms with Crippen molar-refractivity contribution < 1.29 is 28.8 Å². The van der Waals surface area contributed by atoms with Crippen molar-refractivity contribution in [2.24, 2.45) is 11.3 Å². The third-order valence-corrected chi connectivity index (χ3v) is 9.76. The fraction of sp³-hybridized carbons (Fsp3) is 0.639. The van der Waals surface area contributed by atoms with Crippen LogP contribution < -0.4 is 21.4 Å². The molecule has 4 amide bonds. The van der Waals surface area contributed by atoms with E-state index >= 15 is 0 Å². The first-order valence-electron chi connectivity index (χ1n) is 17.4. The Labute approximate surface area is 278 Å². The highest BCUT2D eigenvalue weighted by atomic mass is 16.7. The van der Waals surface area contributed by atoms with Crippen LogP contribution in [0.3, 0.4) is 0 Å². The molecule has 4 atom stereocenters. The van der Waals surface area contributed by atoms with Crippen LogP contribution in [0.5, 0.6) is 0 Å². The molecule has 4 N–H and O–H groups in total. The number of ketones is 1. The van der Waals surface area contributed by atoms with Gasteiger partial charge in [-0.1, -0.05) is 83.7 Å². The number of carbonyl (C=O) groups excluding carboxylic acids is 5. The highest BCUT2D eigenvalue weighted by Gasteiger charge is 2.54. The molecule has 0 unspecified atom stereocenters. The summed E-state index contributed by atoms with van der Waals surface area (Å²) in [6, 6.07) is 6.71. The number of rotatable bonds is 12. The van der Waals surface area contributed by atoms with Crippen molar-refractivity contribution in [3.63, 3.8) is 0 Å². The van der Waals surface area contributed by atoms with Gasteiger partial charge in [0.1, 0.15) is 17.7 Å². The van der Waals surface area contributed by atoms with Gasteiger partial charge in [-0.2, -0.15) is 0 Å². The van der Waals surface area contributed by atoms with Crippen molar-refractivity contribution >= 4 is 35.1 Å². The molecule has 3 fully saturated rings. The Morgan fingerprint density at radius 3 is 2.34 bits per heavy atom. The summed E-state index contributed by atoms with van der Waals surface area (Å²) < 4.78 is 0. The van der Waals surface area contributed by atoms with E-state index in [-0.39, 0.29) is 37.2 Å².